The van der Waals surface area contributed by atoms with E-state index in [0.29, 0.717) is 45.8 Å². The number of ether oxygens (including phenoxy) is 2. The maximum absolute atomic E-state index is 13.4. The molecule has 3 heterocycles. The van der Waals surface area contributed by atoms with Crippen molar-refractivity contribution in [1.29, 1.82) is 0 Å². The molecule has 0 bridgehead atoms. The molecule has 3 rings (SSSR count). The Balaban J connectivity index is 1.87. The third-order valence-electron chi connectivity index (χ3n) is 6.13. The molecule has 0 aromatic carbocycles. The fraction of sp³-hybridized carbons (Fsp3) is 0.947. The van der Waals surface area contributed by atoms with Crippen LogP contribution in [0.1, 0.15) is 46.5 Å². The van der Waals surface area contributed by atoms with Gasteiger partial charge in [0.15, 0.2) is 0 Å². The maximum atomic E-state index is 13.4. The number of morpholine rings is 1. The number of quaternary nitrogens is 1. The topological polar surface area (TPSA) is 84.9 Å². The number of carbonyl (C=O) groups is 1. The Morgan fingerprint density at radius 2 is 1.79 bits per heavy atom. The van der Waals surface area contributed by atoms with E-state index in [1.165, 1.54) is 0 Å². The van der Waals surface area contributed by atoms with Crippen molar-refractivity contribution in [3.05, 3.63) is 0 Å². The number of nitrogens with one attached hydrogen (secondary N) is 1. The van der Waals surface area contributed by atoms with Crippen molar-refractivity contribution in [3.63, 3.8) is 0 Å². The SMILES string of the molecule is CC(C)(C)OC(=O)[N+]1(C2CCNCC2)CCCC(S(=O)(=O)N2CCOCC2)C1. The molecule has 0 radical (unpaired) electrons. The zero-order valence-corrected chi connectivity index (χ0v) is 18.3. The van der Waals surface area contributed by atoms with Gasteiger partial charge in [-0.05, 0) is 33.6 Å². The van der Waals surface area contributed by atoms with Gasteiger partial charge in [-0.1, -0.05) is 0 Å². The third kappa shape index (κ3) is 4.70. The molecule has 0 saturated carbocycles. The van der Waals surface area contributed by atoms with Crippen LogP contribution in [0, 0.1) is 0 Å². The van der Waals surface area contributed by atoms with Crippen LogP contribution in [0.25, 0.3) is 0 Å². The van der Waals surface area contributed by atoms with Crippen LogP contribution >= 0.6 is 0 Å². The number of hydrogen-bond acceptors (Lipinski definition) is 6. The van der Waals surface area contributed by atoms with Crippen molar-refractivity contribution in [2.24, 2.45) is 0 Å². The Morgan fingerprint density at radius 1 is 1.14 bits per heavy atom. The highest BCUT2D eigenvalue weighted by atomic mass is 32.2. The molecule has 0 aliphatic carbocycles. The lowest BCUT2D eigenvalue weighted by molar-refractivity contribution is -0.888. The average molecular weight is 419 g/mol. The average Bonchev–Trinajstić information content (AvgIpc) is 2.68. The number of likely N-dealkylation sites (tertiary alicyclic amines) is 1. The minimum absolute atomic E-state index is 0.110. The maximum Gasteiger partial charge on any atom is 0.516 e. The zero-order chi connectivity index (χ0) is 20.4. The number of carbonyl (C=O) groups excluding carboxylic acids is 1. The van der Waals surface area contributed by atoms with E-state index in [-0.39, 0.29) is 16.6 Å². The Morgan fingerprint density at radius 3 is 2.39 bits per heavy atom. The van der Waals surface area contributed by atoms with Crippen LogP contribution < -0.4 is 5.32 Å². The van der Waals surface area contributed by atoms with Gasteiger partial charge in [-0.3, -0.25) is 0 Å². The Bertz CT molecular complexity index is 651. The number of sulfonamides is 1. The molecule has 1 N–H and O–H groups in total. The molecule has 9 heteroatoms. The third-order valence-corrected chi connectivity index (χ3v) is 8.44. The molecule has 28 heavy (non-hydrogen) atoms. The van der Waals surface area contributed by atoms with Crippen LogP contribution in [0.15, 0.2) is 0 Å². The lowest BCUT2D eigenvalue weighted by atomic mass is 9.97. The summed E-state index contributed by atoms with van der Waals surface area (Å²) >= 11 is 0. The summed E-state index contributed by atoms with van der Waals surface area (Å²) < 4.78 is 39.5. The first-order valence-corrected chi connectivity index (χ1v) is 12.0. The Hall–Kier alpha value is -0.740. The smallest absolute Gasteiger partial charge is 0.414 e. The van der Waals surface area contributed by atoms with Gasteiger partial charge in [0.2, 0.25) is 10.0 Å². The van der Waals surface area contributed by atoms with Crippen LogP contribution in [0.3, 0.4) is 0 Å². The highest BCUT2D eigenvalue weighted by Gasteiger charge is 2.53. The fourth-order valence-corrected chi connectivity index (χ4v) is 6.70. The molecule has 8 nitrogen and oxygen atoms in total. The van der Waals surface area contributed by atoms with E-state index in [0.717, 1.165) is 32.4 Å². The molecule has 0 aromatic rings. The summed E-state index contributed by atoms with van der Waals surface area (Å²) in [5, 5.41) is 2.81. The van der Waals surface area contributed by atoms with Crippen molar-refractivity contribution >= 4 is 16.1 Å². The van der Waals surface area contributed by atoms with Crippen LogP contribution in [0.2, 0.25) is 0 Å². The van der Waals surface area contributed by atoms with Gasteiger partial charge in [0, 0.05) is 39.0 Å². The van der Waals surface area contributed by atoms with E-state index in [4.69, 9.17) is 9.47 Å². The van der Waals surface area contributed by atoms with Crippen molar-refractivity contribution in [1.82, 2.24) is 9.62 Å². The summed E-state index contributed by atoms with van der Waals surface area (Å²) in [6.45, 7) is 9.98. The molecule has 2 unspecified atom stereocenters. The monoisotopic (exact) mass is 418 g/mol. The molecule has 162 valence electrons. The Labute approximate surface area is 169 Å². The van der Waals surface area contributed by atoms with Gasteiger partial charge in [-0.25, -0.2) is 12.9 Å². The summed E-state index contributed by atoms with van der Waals surface area (Å²) in [6, 6.07) is 0.110. The highest BCUT2D eigenvalue weighted by Crippen LogP contribution is 2.34. The van der Waals surface area contributed by atoms with E-state index >= 15 is 0 Å². The molecule has 2 atom stereocenters. The number of piperidine rings is 2. The van der Waals surface area contributed by atoms with Crippen LogP contribution in [0.5, 0.6) is 0 Å². The fourth-order valence-electron chi connectivity index (χ4n) is 4.70. The second-order valence-corrected chi connectivity index (χ2v) is 11.4. The molecule has 0 aromatic heterocycles. The number of hydrogen-bond donors (Lipinski definition) is 1. The second kappa shape index (κ2) is 8.55. The highest BCUT2D eigenvalue weighted by molar-refractivity contribution is 7.89. The quantitative estimate of drug-likeness (QED) is 0.696. The predicted molar refractivity (Wildman–Crippen MR) is 106 cm³/mol. The number of nitrogens with zero attached hydrogens (tertiary/aromatic N) is 2. The molecule has 3 saturated heterocycles. The molecule has 3 aliphatic rings. The van der Waals surface area contributed by atoms with E-state index in [9.17, 15) is 13.2 Å². The van der Waals surface area contributed by atoms with Gasteiger partial charge in [0.1, 0.15) is 23.4 Å². The second-order valence-electron chi connectivity index (χ2n) is 9.22. The van der Waals surface area contributed by atoms with Gasteiger partial charge in [-0.15, -0.1) is 0 Å². The molecular weight excluding hydrogens is 382 g/mol. The normalized spacial score (nSPS) is 31.5. The minimum Gasteiger partial charge on any atom is -0.414 e. The van der Waals surface area contributed by atoms with Crippen LogP contribution in [-0.4, -0.2) is 92.7 Å². The van der Waals surface area contributed by atoms with Gasteiger partial charge in [0.25, 0.3) is 0 Å². The first-order chi connectivity index (χ1) is 13.2. The molecular formula is C19H36N3O5S+. The van der Waals surface area contributed by atoms with Crippen molar-refractivity contribution < 1.29 is 27.2 Å². The van der Waals surface area contributed by atoms with E-state index in [2.05, 4.69) is 5.32 Å². The van der Waals surface area contributed by atoms with E-state index < -0.39 is 20.9 Å². The van der Waals surface area contributed by atoms with Gasteiger partial charge >= 0.3 is 6.09 Å². The minimum atomic E-state index is -3.46. The molecule has 0 spiro atoms. The zero-order valence-electron chi connectivity index (χ0n) is 17.5. The molecule has 3 aliphatic heterocycles. The van der Waals surface area contributed by atoms with Gasteiger partial charge in [0.05, 0.1) is 19.8 Å². The van der Waals surface area contributed by atoms with Gasteiger partial charge in [-0.2, -0.15) is 9.10 Å². The Kier molecular flexibility index (Phi) is 6.71. The van der Waals surface area contributed by atoms with Crippen molar-refractivity contribution in [2.45, 2.75) is 63.3 Å². The molecule has 3 fully saturated rings. The molecule has 1 amide bonds. The standard InChI is InChI=1S/C19H36N3O5S/c1-19(2,3)27-18(23)22(16-6-8-20-9-7-16)12-4-5-17(15-22)28(24,25)21-10-13-26-14-11-21/h16-17,20H,4-15H2,1-3H3/q+1. The predicted octanol–water partition coefficient (Wildman–Crippen LogP) is 1.31. The van der Waals surface area contributed by atoms with Crippen molar-refractivity contribution in [3.8, 4) is 0 Å². The number of rotatable bonds is 3. The van der Waals surface area contributed by atoms with Gasteiger partial charge < -0.3 is 14.8 Å². The summed E-state index contributed by atoms with van der Waals surface area (Å²) in [6.07, 6.45) is 2.79. The largest absolute Gasteiger partial charge is 0.516 e. The van der Waals surface area contributed by atoms with E-state index in [1.807, 2.05) is 20.8 Å². The lowest BCUT2D eigenvalue weighted by Gasteiger charge is -2.48. The first-order valence-electron chi connectivity index (χ1n) is 10.5. The number of amides is 1. The summed E-state index contributed by atoms with van der Waals surface area (Å²) in [5.41, 5.74) is -0.592. The van der Waals surface area contributed by atoms with E-state index in [1.54, 1.807) is 4.31 Å². The van der Waals surface area contributed by atoms with Crippen molar-refractivity contribution in [2.75, 3.05) is 52.5 Å². The lowest BCUT2D eigenvalue weighted by Crippen LogP contribution is -2.68. The van der Waals surface area contributed by atoms with Crippen LogP contribution in [0.4, 0.5) is 4.79 Å². The van der Waals surface area contributed by atoms with Crippen LogP contribution in [-0.2, 0) is 19.5 Å². The summed E-state index contributed by atoms with van der Waals surface area (Å²) in [4.78, 5) is 13.4. The summed E-state index contributed by atoms with van der Waals surface area (Å²) in [7, 11) is -3.46. The summed E-state index contributed by atoms with van der Waals surface area (Å²) in [5.74, 6) is 0. The first kappa shape index (κ1) is 22.0.